The quantitative estimate of drug-likeness (QED) is 0.855. The lowest BCUT2D eigenvalue weighted by molar-refractivity contribution is 0.471. The maximum atomic E-state index is 11.4. The number of rotatable bonds is 4. The van der Waals surface area contributed by atoms with Gasteiger partial charge in [0.1, 0.15) is 0 Å². The van der Waals surface area contributed by atoms with Crippen LogP contribution in [0.3, 0.4) is 0 Å². The molecule has 1 aromatic heterocycles. The van der Waals surface area contributed by atoms with Crippen LogP contribution in [0, 0.1) is 0 Å². The highest BCUT2D eigenvalue weighted by atomic mass is 79.9. The molecule has 0 saturated heterocycles. The van der Waals surface area contributed by atoms with Crippen LogP contribution < -0.4 is 0 Å². The molecule has 0 radical (unpaired) electrons. The molecule has 0 bridgehead atoms. The van der Waals surface area contributed by atoms with Gasteiger partial charge in [0.05, 0.1) is 5.75 Å². The van der Waals surface area contributed by atoms with E-state index in [1.165, 1.54) is 4.31 Å². The van der Waals surface area contributed by atoms with E-state index in [1.807, 2.05) is 11.4 Å². The van der Waals surface area contributed by atoms with Crippen molar-refractivity contribution in [2.45, 2.75) is 13.5 Å². The molecule has 0 aliphatic rings. The molecule has 14 heavy (non-hydrogen) atoms. The number of nitrogens with zero attached hydrogens (tertiary/aromatic N) is 1. The Labute approximate surface area is 96.9 Å². The van der Waals surface area contributed by atoms with E-state index in [-0.39, 0.29) is 5.75 Å². The predicted octanol–water partition coefficient (Wildman–Crippen LogP) is 2.29. The van der Waals surface area contributed by atoms with E-state index < -0.39 is 10.0 Å². The molecule has 0 saturated carbocycles. The predicted molar refractivity (Wildman–Crippen MR) is 62.9 cm³/mol. The summed E-state index contributed by atoms with van der Waals surface area (Å²) in [7, 11) is -1.46. The van der Waals surface area contributed by atoms with Crippen molar-refractivity contribution in [1.29, 1.82) is 0 Å². The fraction of sp³-hybridized carbons (Fsp3) is 0.500. The fourth-order valence-corrected chi connectivity index (χ4v) is 3.34. The number of halogens is 1. The first-order valence-electron chi connectivity index (χ1n) is 4.12. The lowest BCUT2D eigenvalue weighted by Gasteiger charge is -2.14. The summed E-state index contributed by atoms with van der Waals surface area (Å²) in [6, 6.07) is 1.94. The smallest absolute Gasteiger partial charge is 0.212 e. The van der Waals surface area contributed by atoms with Crippen molar-refractivity contribution in [3.63, 3.8) is 0 Å². The first-order chi connectivity index (χ1) is 6.45. The van der Waals surface area contributed by atoms with Gasteiger partial charge in [-0.3, -0.25) is 0 Å². The van der Waals surface area contributed by atoms with Crippen molar-refractivity contribution >= 4 is 37.3 Å². The zero-order valence-corrected chi connectivity index (χ0v) is 11.2. The Hall–Kier alpha value is 0.0900. The van der Waals surface area contributed by atoms with Crippen LogP contribution in [0.1, 0.15) is 11.8 Å². The third-order valence-corrected chi connectivity index (χ3v) is 5.33. The fourth-order valence-electron chi connectivity index (χ4n) is 0.975. The van der Waals surface area contributed by atoms with Crippen LogP contribution in [0.5, 0.6) is 0 Å². The van der Waals surface area contributed by atoms with E-state index in [1.54, 1.807) is 25.3 Å². The Kier molecular flexibility index (Phi) is 4.12. The largest absolute Gasteiger partial charge is 0.213 e. The van der Waals surface area contributed by atoms with Crippen LogP contribution in [0.15, 0.2) is 15.9 Å². The Bertz CT molecular complexity index is 399. The second-order valence-electron chi connectivity index (χ2n) is 2.89. The molecule has 3 nitrogen and oxygen atoms in total. The summed E-state index contributed by atoms with van der Waals surface area (Å²) in [6.45, 7) is 2.10. The molecular weight excluding hydrogens is 286 g/mol. The van der Waals surface area contributed by atoms with Gasteiger partial charge < -0.3 is 0 Å². The van der Waals surface area contributed by atoms with Gasteiger partial charge in [-0.25, -0.2) is 8.42 Å². The second-order valence-corrected chi connectivity index (χ2v) is 7.16. The van der Waals surface area contributed by atoms with E-state index in [4.69, 9.17) is 0 Å². The molecule has 0 aliphatic heterocycles. The van der Waals surface area contributed by atoms with E-state index >= 15 is 0 Å². The minimum absolute atomic E-state index is 0.149. The number of hydrogen-bond acceptors (Lipinski definition) is 3. The number of sulfonamides is 1. The van der Waals surface area contributed by atoms with E-state index in [0.29, 0.717) is 6.54 Å². The topological polar surface area (TPSA) is 37.4 Å². The molecule has 0 fully saturated rings. The Morgan fingerprint density at radius 3 is 2.64 bits per heavy atom. The molecule has 0 aliphatic carbocycles. The molecule has 0 unspecified atom stereocenters. The van der Waals surface area contributed by atoms with Gasteiger partial charge in [0, 0.05) is 28.3 Å². The third-order valence-electron chi connectivity index (χ3n) is 1.84. The molecule has 0 atom stereocenters. The first kappa shape index (κ1) is 12.2. The molecule has 0 N–H and O–H groups in total. The van der Waals surface area contributed by atoms with Crippen LogP contribution in [-0.2, 0) is 16.6 Å². The van der Waals surface area contributed by atoms with Crippen LogP contribution in [0.25, 0.3) is 0 Å². The molecule has 0 spiro atoms. The lowest BCUT2D eigenvalue weighted by atomic mass is 10.5. The van der Waals surface area contributed by atoms with Gasteiger partial charge in [-0.2, -0.15) is 4.31 Å². The van der Waals surface area contributed by atoms with Crippen LogP contribution in [0.2, 0.25) is 0 Å². The summed E-state index contributed by atoms with van der Waals surface area (Å²) in [6.07, 6.45) is 0. The van der Waals surface area contributed by atoms with E-state index in [9.17, 15) is 8.42 Å². The summed E-state index contributed by atoms with van der Waals surface area (Å²) in [5.74, 6) is 0.149. The van der Waals surface area contributed by atoms with Crippen molar-refractivity contribution in [2.24, 2.45) is 0 Å². The molecule has 6 heteroatoms. The molecular formula is C8H12BrNO2S2. The maximum Gasteiger partial charge on any atom is 0.213 e. The van der Waals surface area contributed by atoms with Gasteiger partial charge in [0.2, 0.25) is 10.0 Å². The summed E-state index contributed by atoms with van der Waals surface area (Å²) >= 11 is 4.88. The Morgan fingerprint density at radius 2 is 2.21 bits per heavy atom. The van der Waals surface area contributed by atoms with Gasteiger partial charge in [0.25, 0.3) is 0 Å². The first-order valence-corrected chi connectivity index (χ1v) is 7.41. The Morgan fingerprint density at radius 1 is 1.57 bits per heavy atom. The van der Waals surface area contributed by atoms with Gasteiger partial charge in [0.15, 0.2) is 0 Å². The van der Waals surface area contributed by atoms with Crippen molar-refractivity contribution in [2.75, 3.05) is 12.8 Å². The standard InChI is InChI=1S/C8H12BrNO2S2/c1-3-14(11,12)10(2)5-8-4-7(9)6-13-8/h4,6H,3,5H2,1-2H3. The SMILES string of the molecule is CCS(=O)(=O)N(C)Cc1cc(Br)cs1. The molecule has 0 aromatic carbocycles. The van der Waals surface area contributed by atoms with Crippen LogP contribution in [-0.4, -0.2) is 25.5 Å². The zero-order chi connectivity index (χ0) is 10.8. The van der Waals surface area contributed by atoms with Crippen molar-refractivity contribution in [3.8, 4) is 0 Å². The lowest BCUT2D eigenvalue weighted by Crippen LogP contribution is -2.27. The maximum absolute atomic E-state index is 11.4. The molecule has 80 valence electrons. The van der Waals surface area contributed by atoms with Crippen LogP contribution in [0.4, 0.5) is 0 Å². The van der Waals surface area contributed by atoms with Crippen molar-refractivity contribution < 1.29 is 8.42 Å². The van der Waals surface area contributed by atoms with Crippen molar-refractivity contribution in [3.05, 3.63) is 20.8 Å². The average Bonchev–Trinajstić information content (AvgIpc) is 2.51. The van der Waals surface area contributed by atoms with E-state index in [0.717, 1.165) is 9.35 Å². The van der Waals surface area contributed by atoms with E-state index in [2.05, 4.69) is 15.9 Å². The molecule has 0 amide bonds. The summed E-state index contributed by atoms with van der Waals surface area (Å²) in [4.78, 5) is 1.04. The van der Waals surface area contributed by atoms with Gasteiger partial charge in [-0.05, 0) is 28.9 Å². The highest BCUT2D eigenvalue weighted by molar-refractivity contribution is 9.10. The Balaban J connectivity index is 2.71. The summed E-state index contributed by atoms with van der Waals surface area (Å²) in [5, 5.41) is 1.95. The average molecular weight is 298 g/mol. The highest BCUT2D eigenvalue weighted by Crippen LogP contribution is 2.21. The van der Waals surface area contributed by atoms with Crippen molar-refractivity contribution in [1.82, 2.24) is 4.31 Å². The third kappa shape index (κ3) is 3.05. The molecule has 1 aromatic rings. The second kappa shape index (κ2) is 4.74. The number of thiophene rings is 1. The molecule has 1 heterocycles. The zero-order valence-electron chi connectivity index (χ0n) is 8.03. The number of hydrogen-bond donors (Lipinski definition) is 0. The summed E-state index contributed by atoms with van der Waals surface area (Å²) in [5.41, 5.74) is 0. The minimum atomic E-state index is -3.06. The highest BCUT2D eigenvalue weighted by Gasteiger charge is 2.15. The van der Waals surface area contributed by atoms with Gasteiger partial charge in [-0.15, -0.1) is 11.3 Å². The van der Waals surface area contributed by atoms with Gasteiger partial charge >= 0.3 is 0 Å². The van der Waals surface area contributed by atoms with Crippen LogP contribution >= 0.6 is 27.3 Å². The normalized spacial score (nSPS) is 12.3. The van der Waals surface area contributed by atoms with Gasteiger partial charge in [-0.1, -0.05) is 0 Å². The monoisotopic (exact) mass is 297 g/mol. The minimum Gasteiger partial charge on any atom is -0.212 e. The summed E-state index contributed by atoms with van der Waals surface area (Å²) < 4.78 is 25.2. The molecule has 1 rings (SSSR count).